The molecule has 1 atom stereocenters. The molecule has 412 valence electrons. The van der Waals surface area contributed by atoms with E-state index in [9.17, 15) is 14.4 Å². The van der Waals surface area contributed by atoms with Crippen LogP contribution in [-0.4, -0.2) is 37.2 Å². The van der Waals surface area contributed by atoms with Gasteiger partial charge in [-0.25, -0.2) is 0 Å². The average molecular weight is 1020 g/mol. The second kappa shape index (κ2) is 60.3. The fourth-order valence-electron chi connectivity index (χ4n) is 7.17. The van der Waals surface area contributed by atoms with Crippen LogP contribution in [-0.2, 0) is 28.6 Å². The first kappa shape index (κ1) is 68.8. The molecule has 0 aliphatic heterocycles. The molecule has 1 unspecified atom stereocenters. The summed E-state index contributed by atoms with van der Waals surface area (Å²) in [7, 11) is 0. The Morgan fingerprint density at radius 3 is 0.865 bits per heavy atom. The van der Waals surface area contributed by atoms with Crippen LogP contribution in [0.1, 0.15) is 220 Å². The predicted octanol–water partition coefficient (Wildman–Crippen LogP) is 19.9. The van der Waals surface area contributed by atoms with Gasteiger partial charge < -0.3 is 14.2 Å². The Labute approximate surface area is 453 Å². The molecule has 0 fully saturated rings. The molecule has 0 saturated carbocycles. The third kappa shape index (κ3) is 57.7. The lowest BCUT2D eigenvalue weighted by molar-refractivity contribution is -0.167. The van der Waals surface area contributed by atoms with Crippen molar-refractivity contribution in [3.8, 4) is 0 Å². The summed E-state index contributed by atoms with van der Waals surface area (Å²) in [6, 6.07) is 0. The second-order valence-corrected chi connectivity index (χ2v) is 18.4. The van der Waals surface area contributed by atoms with Crippen LogP contribution in [0.15, 0.2) is 170 Å². The molecule has 0 N–H and O–H groups in total. The fraction of sp³-hybridized carbons (Fsp3) is 0.544. The molecule has 0 aliphatic carbocycles. The van der Waals surface area contributed by atoms with E-state index in [0.717, 1.165) is 154 Å². The van der Waals surface area contributed by atoms with Crippen molar-refractivity contribution in [3.63, 3.8) is 0 Å². The van der Waals surface area contributed by atoms with Crippen molar-refractivity contribution in [1.82, 2.24) is 0 Å². The van der Waals surface area contributed by atoms with Crippen LogP contribution in [0.4, 0.5) is 0 Å². The van der Waals surface area contributed by atoms with Gasteiger partial charge in [-0.2, -0.15) is 0 Å². The van der Waals surface area contributed by atoms with E-state index in [2.05, 4.69) is 191 Å². The quantitative estimate of drug-likeness (QED) is 0.0261. The molecule has 0 heterocycles. The van der Waals surface area contributed by atoms with Gasteiger partial charge in [0.05, 0.1) is 0 Å². The maximum atomic E-state index is 12.8. The van der Waals surface area contributed by atoms with Crippen LogP contribution < -0.4 is 0 Å². The first-order chi connectivity index (χ1) is 36.5. The maximum Gasteiger partial charge on any atom is 0.306 e. The number of esters is 3. The zero-order valence-corrected chi connectivity index (χ0v) is 47.0. The Morgan fingerprint density at radius 1 is 0.284 bits per heavy atom. The largest absolute Gasteiger partial charge is 0.462 e. The summed E-state index contributed by atoms with van der Waals surface area (Å²) < 4.78 is 16.7. The summed E-state index contributed by atoms with van der Waals surface area (Å²) >= 11 is 0. The smallest absolute Gasteiger partial charge is 0.306 e. The highest BCUT2D eigenvalue weighted by molar-refractivity contribution is 5.71. The molecular formula is C68H104O6. The van der Waals surface area contributed by atoms with Gasteiger partial charge in [-0.1, -0.05) is 242 Å². The summed E-state index contributed by atoms with van der Waals surface area (Å²) in [5.41, 5.74) is 0. The molecule has 0 spiro atoms. The van der Waals surface area contributed by atoms with Gasteiger partial charge >= 0.3 is 17.9 Å². The monoisotopic (exact) mass is 1020 g/mol. The maximum absolute atomic E-state index is 12.8. The predicted molar refractivity (Wildman–Crippen MR) is 320 cm³/mol. The van der Waals surface area contributed by atoms with Crippen molar-refractivity contribution in [2.45, 2.75) is 226 Å². The molecule has 6 nitrogen and oxygen atoms in total. The van der Waals surface area contributed by atoms with Crippen molar-refractivity contribution in [2.75, 3.05) is 13.2 Å². The third-order valence-corrected chi connectivity index (χ3v) is 11.5. The van der Waals surface area contributed by atoms with Gasteiger partial charge in [-0.15, -0.1) is 0 Å². The summed E-state index contributed by atoms with van der Waals surface area (Å²) in [4.78, 5) is 37.8. The SMILES string of the molecule is CC/C=C\C/C=C\C/C=C\C/C=C\C/C=C\C/C=C\C/C=C\C/C=C\C/C=C\CCCCCCCC(=O)OCC(COC(=O)CCCCCCCC)OC(=O)CCC/C=C\C/C=C\C/C=C\C/C=C\C/C=C\CC. The minimum atomic E-state index is -0.821. The molecule has 0 bridgehead atoms. The van der Waals surface area contributed by atoms with Crippen molar-refractivity contribution >= 4 is 17.9 Å². The number of allylic oxidation sites excluding steroid dienone is 28. The Morgan fingerprint density at radius 2 is 0.541 bits per heavy atom. The number of hydrogen-bond acceptors (Lipinski definition) is 6. The summed E-state index contributed by atoms with van der Waals surface area (Å²) in [5.74, 6) is -1.02. The van der Waals surface area contributed by atoms with Crippen LogP contribution in [0.3, 0.4) is 0 Å². The highest BCUT2D eigenvalue weighted by Gasteiger charge is 2.19. The van der Waals surface area contributed by atoms with E-state index < -0.39 is 6.10 Å². The van der Waals surface area contributed by atoms with E-state index in [-0.39, 0.29) is 37.5 Å². The van der Waals surface area contributed by atoms with Crippen LogP contribution in [0.5, 0.6) is 0 Å². The van der Waals surface area contributed by atoms with E-state index in [1.165, 1.54) is 19.3 Å². The summed E-state index contributed by atoms with van der Waals surface area (Å²) in [5, 5.41) is 0. The zero-order chi connectivity index (χ0) is 53.6. The van der Waals surface area contributed by atoms with Gasteiger partial charge in [-0.3, -0.25) is 14.4 Å². The van der Waals surface area contributed by atoms with Crippen LogP contribution in [0, 0.1) is 0 Å². The number of unbranched alkanes of at least 4 members (excludes halogenated alkanes) is 11. The Balaban J connectivity index is 4.25. The van der Waals surface area contributed by atoms with Gasteiger partial charge in [0, 0.05) is 19.3 Å². The summed E-state index contributed by atoms with van der Waals surface area (Å²) in [6.07, 6.45) is 89.6. The molecule has 0 aromatic carbocycles. The lowest BCUT2D eigenvalue weighted by Gasteiger charge is -2.18. The lowest BCUT2D eigenvalue weighted by atomic mass is 10.1. The Bertz CT molecular complexity index is 1740. The fourth-order valence-corrected chi connectivity index (χ4v) is 7.17. The molecule has 0 rings (SSSR count). The highest BCUT2D eigenvalue weighted by atomic mass is 16.6. The minimum Gasteiger partial charge on any atom is -0.462 e. The van der Waals surface area contributed by atoms with Gasteiger partial charge in [-0.05, 0) is 128 Å². The number of ether oxygens (including phenoxy) is 3. The number of hydrogen-bond donors (Lipinski definition) is 0. The van der Waals surface area contributed by atoms with Crippen molar-refractivity contribution in [1.29, 1.82) is 0 Å². The third-order valence-electron chi connectivity index (χ3n) is 11.5. The standard InChI is InChI=1S/C68H104O6/c1-4-7-10-13-16-18-20-22-24-26-27-28-29-30-31-32-33-34-35-36-37-38-39-40-41-43-44-46-48-50-52-55-58-61-67(70)73-64-65(63-72-66(69)60-57-54-15-12-9-6-3)74-68(71)62-59-56-53-51-49-47-45-42-25-23-21-19-17-14-11-8-5-2/h7-8,10-11,16-19,22-25,27-28,30-31,33-34,36-37,39-40,43-45,47,51,53,65H,4-6,9,12-15,20-21,26,29,32,35,38,41-42,46,48-50,52,54-64H2,1-3H3/b10-7-,11-8-,18-16-,19-17-,24-22-,25-23-,28-27-,31-30-,34-33-,37-36-,40-39-,44-43-,47-45-,53-51-. The minimum absolute atomic E-state index is 0.114. The van der Waals surface area contributed by atoms with E-state index in [0.29, 0.717) is 19.3 Å². The molecule has 0 saturated heterocycles. The lowest BCUT2D eigenvalue weighted by Crippen LogP contribution is -2.30. The first-order valence-corrected chi connectivity index (χ1v) is 29.1. The van der Waals surface area contributed by atoms with E-state index in [1.807, 2.05) is 0 Å². The van der Waals surface area contributed by atoms with Crippen molar-refractivity contribution < 1.29 is 28.6 Å². The zero-order valence-electron chi connectivity index (χ0n) is 47.0. The Hall–Kier alpha value is -5.23. The topological polar surface area (TPSA) is 78.9 Å². The normalized spacial score (nSPS) is 13.4. The van der Waals surface area contributed by atoms with Crippen LogP contribution in [0.25, 0.3) is 0 Å². The molecule has 0 amide bonds. The number of rotatable bonds is 50. The molecule has 74 heavy (non-hydrogen) atoms. The summed E-state index contributed by atoms with van der Waals surface area (Å²) in [6.45, 7) is 6.26. The molecule has 0 aromatic heterocycles. The van der Waals surface area contributed by atoms with Gasteiger partial charge in [0.1, 0.15) is 13.2 Å². The molecule has 0 radical (unpaired) electrons. The molecule has 6 heteroatoms. The molecule has 0 aromatic rings. The number of carbonyl (C=O) groups excluding carboxylic acids is 3. The van der Waals surface area contributed by atoms with Gasteiger partial charge in [0.15, 0.2) is 6.10 Å². The first-order valence-electron chi connectivity index (χ1n) is 29.1. The van der Waals surface area contributed by atoms with Gasteiger partial charge in [0.25, 0.3) is 0 Å². The molecule has 0 aliphatic rings. The Kier molecular flexibility index (Phi) is 56.1. The highest BCUT2D eigenvalue weighted by Crippen LogP contribution is 2.12. The van der Waals surface area contributed by atoms with E-state index in [4.69, 9.17) is 14.2 Å². The van der Waals surface area contributed by atoms with Crippen LogP contribution in [0.2, 0.25) is 0 Å². The van der Waals surface area contributed by atoms with E-state index in [1.54, 1.807) is 0 Å². The van der Waals surface area contributed by atoms with Crippen molar-refractivity contribution in [3.05, 3.63) is 170 Å². The van der Waals surface area contributed by atoms with Crippen LogP contribution >= 0.6 is 0 Å². The van der Waals surface area contributed by atoms with E-state index >= 15 is 0 Å². The number of carbonyl (C=O) groups is 3. The molecular weight excluding hydrogens is 913 g/mol. The second-order valence-electron chi connectivity index (χ2n) is 18.4. The van der Waals surface area contributed by atoms with Crippen molar-refractivity contribution in [2.24, 2.45) is 0 Å². The average Bonchev–Trinajstić information content (AvgIpc) is 3.40. The van der Waals surface area contributed by atoms with Gasteiger partial charge in [0.2, 0.25) is 0 Å².